The zero-order chi connectivity index (χ0) is 10.8. The van der Waals surface area contributed by atoms with Gasteiger partial charge in [0, 0.05) is 5.56 Å². The van der Waals surface area contributed by atoms with Gasteiger partial charge in [-0.15, -0.1) is 0 Å². The third-order valence-corrected chi connectivity index (χ3v) is 2.11. The van der Waals surface area contributed by atoms with E-state index in [-0.39, 0.29) is 5.41 Å². The molecule has 0 aliphatic carbocycles. The third kappa shape index (κ3) is 2.19. The number of hydrogen-bond donors (Lipinski definition) is 0. The summed E-state index contributed by atoms with van der Waals surface area (Å²) in [5, 5.41) is 0. The fourth-order valence-electron chi connectivity index (χ4n) is 1.33. The summed E-state index contributed by atoms with van der Waals surface area (Å²) in [5.41, 5.74) is 1.20. The smallest absolute Gasteiger partial charge is 0.134 e. The highest BCUT2D eigenvalue weighted by Crippen LogP contribution is 2.33. The lowest BCUT2D eigenvalue weighted by Crippen LogP contribution is -2.12. The largest absolute Gasteiger partial charge is 0.496 e. The molecule has 0 heterocycles. The van der Waals surface area contributed by atoms with Crippen molar-refractivity contribution in [1.82, 2.24) is 0 Å². The van der Waals surface area contributed by atoms with Gasteiger partial charge in [0.15, 0.2) is 0 Å². The fourth-order valence-corrected chi connectivity index (χ4v) is 1.33. The zero-order valence-electron chi connectivity index (χ0n) is 9.47. The number of hydrogen-bond acceptors (Lipinski definition) is 2. The summed E-state index contributed by atoms with van der Waals surface area (Å²) in [5.74, 6) is 1.46. The standard InChI is InChI=1S/C12H17O2/c1-12(2,3)10-7-6-9(13-4)8-11(10)14-5/h6-7H,1-5H3. The van der Waals surface area contributed by atoms with E-state index in [0.29, 0.717) is 5.75 Å². The van der Waals surface area contributed by atoms with E-state index in [0.717, 1.165) is 11.3 Å². The summed E-state index contributed by atoms with van der Waals surface area (Å²) in [6.07, 6.45) is 0. The molecule has 0 saturated carbocycles. The first-order valence-electron chi connectivity index (χ1n) is 4.64. The summed E-state index contributed by atoms with van der Waals surface area (Å²) >= 11 is 0. The van der Waals surface area contributed by atoms with Crippen LogP contribution in [-0.4, -0.2) is 14.2 Å². The van der Waals surface area contributed by atoms with Gasteiger partial charge in [-0.25, -0.2) is 0 Å². The Labute approximate surface area is 85.8 Å². The van der Waals surface area contributed by atoms with E-state index in [9.17, 15) is 0 Å². The molecule has 0 aliphatic rings. The lowest BCUT2D eigenvalue weighted by atomic mass is 9.86. The first-order chi connectivity index (χ1) is 6.49. The van der Waals surface area contributed by atoms with E-state index in [2.05, 4.69) is 26.8 Å². The summed E-state index contributed by atoms with van der Waals surface area (Å²) in [6, 6.07) is 7.00. The van der Waals surface area contributed by atoms with E-state index >= 15 is 0 Å². The van der Waals surface area contributed by atoms with Crippen LogP contribution >= 0.6 is 0 Å². The summed E-state index contributed by atoms with van der Waals surface area (Å²) < 4.78 is 10.4. The Kier molecular flexibility index (Phi) is 3.04. The van der Waals surface area contributed by atoms with Crippen LogP contribution < -0.4 is 9.47 Å². The molecule has 0 spiro atoms. The van der Waals surface area contributed by atoms with Crippen LogP contribution in [0.15, 0.2) is 12.1 Å². The van der Waals surface area contributed by atoms with Gasteiger partial charge in [-0.3, -0.25) is 0 Å². The van der Waals surface area contributed by atoms with Gasteiger partial charge in [0.1, 0.15) is 11.5 Å². The van der Waals surface area contributed by atoms with Crippen molar-refractivity contribution in [3.63, 3.8) is 0 Å². The Balaban J connectivity index is 3.18. The monoisotopic (exact) mass is 193 g/mol. The maximum Gasteiger partial charge on any atom is 0.134 e. The molecular weight excluding hydrogens is 176 g/mol. The lowest BCUT2D eigenvalue weighted by molar-refractivity contribution is 0.381. The highest BCUT2D eigenvalue weighted by Gasteiger charge is 2.19. The predicted molar refractivity (Wildman–Crippen MR) is 57.1 cm³/mol. The molecule has 2 heteroatoms. The van der Waals surface area contributed by atoms with Gasteiger partial charge >= 0.3 is 0 Å². The molecule has 0 amide bonds. The molecule has 1 aromatic carbocycles. The molecule has 0 unspecified atom stereocenters. The maximum absolute atomic E-state index is 5.28. The van der Waals surface area contributed by atoms with Crippen LogP contribution in [0.1, 0.15) is 26.3 Å². The van der Waals surface area contributed by atoms with E-state index in [4.69, 9.17) is 9.47 Å². The lowest BCUT2D eigenvalue weighted by Gasteiger charge is -2.22. The van der Waals surface area contributed by atoms with Crippen molar-refractivity contribution in [3.05, 3.63) is 23.8 Å². The Morgan fingerprint density at radius 2 is 1.71 bits per heavy atom. The van der Waals surface area contributed by atoms with Crippen molar-refractivity contribution in [2.24, 2.45) is 0 Å². The van der Waals surface area contributed by atoms with Gasteiger partial charge in [0.2, 0.25) is 0 Å². The van der Waals surface area contributed by atoms with Crippen molar-refractivity contribution in [2.45, 2.75) is 26.2 Å². The van der Waals surface area contributed by atoms with Gasteiger partial charge in [0.05, 0.1) is 20.3 Å². The van der Waals surface area contributed by atoms with Crippen molar-refractivity contribution in [2.75, 3.05) is 14.2 Å². The molecular formula is C12H17O2. The van der Waals surface area contributed by atoms with Gasteiger partial charge in [-0.2, -0.15) is 0 Å². The zero-order valence-corrected chi connectivity index (χ0v) is 9.47. The first kappa shape index (κ1) is 10.9. The highest BCUT2D eigenvalue weighted by molar-refractivity contribution is 5.42. The van der Waals surface area contributed by atoms with Crippen LogP contribution in [0.25, 0.3) is 0 Å². The molecule has 0 saturated heterocycles. The van der Waals surface area contributed by atoms with Crippen molar-refractivity contribution in [1.29, 1.82) is 0 Å². The van der Waals surface area contributed by atoms with Gasteiger partial charge in [0.25, 0.3) is 0 Å². The van der Waals surface area contributed by atoms with Crippen LogP contribution in [0.4, 0.5) is 0 Å². The molecule has 0 aromatic heterocycles. The van der Waals surface area contributed by atoms with Crippen LogP contribution in [-0.2, 0) is 5.41 Å². The molecule has 1 rings (SSSR count). The number of benzene rings is 1. The van der Waals surface area contributed by atoms with E-state index in [1.807, 2.05) is 12.1 Å². The second-order valence-corrected chi connectivity index (χ2v) is 4.22. The molecule has 0 aliphatic heterocycles. The average Bonchev–Trinajstić information content (AvgIpc) is 2.15. The van der Waals surface area contributed by atoms with Crippen LogP contribution in [0.3, 0.4) is 0 Å². The molecule has 0 N–H and O–H groups in total. The molecule has 0 atom stereocenters. The molecule has 2 nitrogen and oxygen atoms in total. The normalized spacial score (nSPS) is 11.2. The van der Waals surface area contributed by atoms with Gasteiger partial charge < -0.3 is 9.47 Å². The second kappa shape index (κ2) is 3.91. The van der Waals surface area contributed by atoms with Gasteiger partial charge in [-0.05, 0) is 11.5 Å². The molecule has 1 aromatic rings. The van der Waals surface area contributed by atoms with Crippen LogP contribution in [0, 0.1) is 6.07 Å². The Morgan fingerprint density at radius 1 is 1.07 bits per heavy atom. The summed E-state index contributed by atoms with van der Waals surface area (Å²) in [7, 11) is 3.28. The van der Waals surface area contributed by atoms with Crippen LogP contribution in [0.5, 0.6) is 11.5 Å². The van der Waals surface area contributed by atoms with E-state index in [1.165, 1.54) is 0 Å². The maximum atomic E-state index is 5.28. The number of methoxy groups -OCH3 is 2. The minimum Gasteiger partial charge on any atom is -0.496 e. The topological polar surface area (TPSA) is 18.5 Å². The predicted octanol–water partition coefficient (Wildman–Crippen LogP) is 2.80. The third-order valence-electron chi connectivity index (χ3n) is 2.11. The van der Waals surface area contributed by atoms with Crippen molar-refractivity contribution in [3.8, 4) is 11.5 Å². The van der Waals surface area contributed by atoms with Crippen molar-refractivity contribution < 1.29 is 9.47 Å². The fraction of sp³-hybridized carbons (Fsp3) is 0.500. The second-order valence-electron chi connectivity index (χ2n) is 4.22. The quantitative estimate of drug-likeness (QED) is 0.719. The Morgan fingerprint density at radius 3 is 2.14 bits per heavy atom. The minimum atomic E-state index is 0.0636. The van der Waals surface area contributed by atoms with Gasteiger partial charge in [-0.1, -0.05) is 26.8 Å². The number of rotatable bonds is 2. The summed E-state index contributed by atoms with van der Waals surface area (Å²) in [4.78, 5) is 0. The first-order valence-corrected chi connectivity index (χ1v) is 4.64. The Bertz CT molecular complexity index is 311. The minimum absolute atomic E-state index is 0.0636. The molecule has 0 fully saturated rings. The molecule has 1 radical (unpaired) electrons. The molecule has 14 heavy (non-hydrogen) atoms. The van der Waals surface area contributed by atoms with Crippen molar-refractivity contribution >= 4 is 0 Å². The highest BCUT2D eigenvalue weighted by atomic mass is 16.5. The molecule has 77 valence electrons. The van der Waals surface area contributed by atoms with E-state index in [1.54, 1.807) is 14.2 Å². The Hall–Kier alpha value is -1.18. The molecule has 0 bridgehead atoms. The van der Waals surface area contributed by atoms with E-state index < -0.39 is 0 Å². The SMILES string of the molecule is COc1[c]c(OC)c(C(C)(C)C)cc1. The average molecular weight is 193 g/mol. The number of ether oxygens (including phenoxy) is 2. The summed E-state index contributed by atoms with van der Waals surface area (Å²) in [6.45, 7) is 6.43. The van der Waals surface area contributed by atoms with Crippen LogP contribution in [0.2, 0.25) is 0 Å².